The zero-order chi connectivity index (χ0) is 14.2. The first-order valence-electron chi connectivity index (χ1n) is 5.08. The summed E-state index contributed by atoms with van der Waals surface area (Å²) >= 11 is 10.1. The van der Waals surface area contributed by atoms with E-state index < -0.39 is 5.97 Å². The molecule has 100 valence electrons. The molecule has 1 aromatic carbocycles. The van der Waals surface area contributed by atoms with Gasteiger partial charge in [-0.25, -0.2) is 4.79 Å². The van der Waals surface area contributed by atoms with Gasteiger partial charge in [-0.05, 0) is 59.9 Å². The Balaban J connectivity index is 2.68. The first kappa shape index (κ1) is 14.6. The Morgan fingerprint density at radius 1 is 1.21 bits per heavy atom. The Morgan fingerprint density at radius 3 is 2.47 bits per heavy atom. The smallest absolute Gasteiger partial charge is 0.352 e. The van der Waals surface area contributed by atoms with Gasteiger partial charge in [-0.2, -0.15) is 0 Å². The van der Waals surface area contributed by atoms with E-state index in [2.05, 4.69) is 47.8 Å². The normalized spacial score (nSPS) is 10.5. The molecule has 19 heavy (non-hydrogen) atoms. The summed E-state index contributed by atoms with van der Waals surface area (Å²) in [7, 11) is 1.56. The van der Waals surface area contributed by atoms with Crippen LogP contribution in [0.3, 0.4) is 0 Å². The van der Waals surface area contributed by atoms with Crippen molar-refractivity contribution in [3.8, 4) is 11.4 Å². The van der Waals surface area contributed by atoms with Crippen LogP contribution in [0.15, 0.2) is 37.8 Å². The number of nitrogens with zero attached hydrogens (tertiary/aromatic N) is 1. The van der Waals surface area contributed by atoms with Gasteiger partial charge in [0.25, 0.3) is 0 Å². The van der Waals surface area contributed by atoms with Gasteiger partial charge in [0.05, 0.1) is 17.3 Å². The van der Waals surface area contributed by atoms with Crippen LogP contribution in [0.1, 0.15) is 10.5 Å². The number of rotatable bonds is 3. The van der Waals surface area contributed by atoms with Crippen molar-refractivity contribution >= 4 is 53.8 Å². The maximum absolute atomic E-state index is 11.2. The molecular formula is C12H8Br3NO3. The number of hydrogen-bond acceptors (Lipinski definition) is 2. The van der Waals surface area contributed by atoms with Gasteiger partial charge in [-0.1, -0.05) is 0 Å². The van der Waals surface area contributed by atoms with Crippen LogP contribution in [0, 0.1) is 0 Å². The molecule has 0 fully saturated rings. The largest absolute Gasteiger partial charge is 0.495 e. The van der Waals surface area contributed by atoms with Crippen molar-refractivity contribution in [1.82, 2.24) is 4.57 Å². The van der Waals surface area contributed by atoms with Gasteiger partial charge in [0, 0.05) is 21.2 Å². The third-order valence-corrected chi connectivity index (χ3v) is 4.18. The molecular weight excluding hydrogens is 446 g/mol. The van der Waals surface area contributed by atoms with E-state index in [0.717, 1.165) is 8.95 Å². The molecule has 4 nitrogen and oxygen atoms in total. The second-order valence-electron chi connectivity index (χ2n) is 3.66. The summed E-state index contributed by atoms with van der Waals surface area (Å²) in [5.41, 5.74) is 0.847. The highest BCUT2D eigenvalue weighted by atomic mass is 79.9. The predicted octanol–water partition coefficient (Wildman–Crippen LogP) is 4.47. The molecule has 0 saturated carbocycles. The van der Waals surface area contributed by atoms with Crippen molar-refractivity contribution in [2.24, 2.45) is 0 Å². The molecule has 0 saturated heterocycles. The van der Waals surface area contributed by atoms with E-state index in [0.29, 0.717) is 15.9 Å². The molecule has 0 radical (unpaired) electrons. The monoisotopic (exact) mass is 451 g/mol. The fraction of sp³-hybridized carbons (Fsp3) is 0.0833. The molecule has 0 aliphatic carbocycles. The molecule has 2 aromatic rings. The highest BCUT2D eigenvalue weighted by Gasteiger charge is 2.16. The van der Waals surface area contributed by atoms with Crippen LogP contribution >= 0.6 is 47.8 Å². The Morgan fingerprint density at radius 2 is 1.89 bits per heavy atom. The first-order valence-corrected chi connectivity index (χ1v) is 7.46. The average Bonchev–Trinajstić information content (AvgIpc) is 2.71. The number of methoxy groups -OCH3 is 1. The summed E-state index contributed by atoms with van der Waals surface area (Å²) in [5, 5.41) is 9.21. The van der Waals surface area contributed by atoms with Crippen LogP contribution in [0.2, 0.25) is 0 Å². The lowest BCUT2D eigenvalue weighted by Gasteiger charge is -2.12. The molecule has 2 rings (SSSR count). The number of carboxylic acids is 1. The highest BCUT2D eigenvalue weighted by Crippen LogP contribution is 2.35. The Hall–Kier alpha value is -0.790. The van der Waals surface area contributed by atoms with Crippen LogP contribution in [0.4, 0.5) is 0 Å². The summed E-state index contributed by atoms with van der Waals surface area (Å²) in [6.45, 7) is 0. The van der Waals surface area contributed by atoms with Crippen LogP contribution in [-0.4, -0.2) is 22.8 Å². The fourth-order valence-electron chi connectivity index (χ4n) is 1.65. The zero-order valence-electron chi connectivity index (χ0n) is 9.65. The summed E-state index contributed by atoms with van der Waals surface area (Å²) in [4.78, 5) is 11.2. The zero-order valence-corrected chi connectivity index (χ0v) is 14.4. The van der Waals surface area contributed by atoms with Crippen molar-refractivity contribution in [2.45, 2.75) is 0 Å². The van der Waals surface area contributed by atoms with E-state index in [4.69, 9.17) is 4.74 Å². The second-order valence-corrected chi connectivity index (χ2v) is 6.28. The van der Waals surface area contributed by atoms with Crippen molar-refractivity contribution < 1.29 is 14.6 Å². The Labute approximate surface area is 134 Å². The second kappa shape index (κ2) is 5.68. The number of carboxylic acid groups (broad SMARTS) is 1. The van der Waals surface area contributed by atoms with Crippen LogP contribution in [0.5, 0.6) is 5.75 Å². The van der Waals surface area contributed by atoms with E-state index in [1.807, 2.05) is 6.07 Å². The molecule has 0 unspecified atom stereocenters. The molecule has 7 heteroatoms. The van der Waals surface area contributed by atoms with Crippen LogP contribution in [-0.2, 0) is 0 Å². The Kier molecular flexibility index (Phi) is 4.37. The molecule has 0 amide bonds. The molecule has 0 bridgehead atoms. The number of benzene rings is 1. The minimum absolute atomic E-state index is 0.164. The molecule has 1 aromatic heterocycles. The van der Waals surface area contributed by atoms with Crippen molar-refractivity contribution in [1.29, 1.82) is 0 Å². The van der Waals surface area contributed by atoms with Gasteiger partial charge >= 0.3 is 5.97 Å². The molecule has 0 atom stereocenters. The predicted molar refractivity (Wildman–Crippen MR) is 82.4 cm³/mol. The van der Waals surface area contributed by atoms with Crippen molar-refractivity contribution in [3.63, 3.8) is 0 Å². The van der Waals surface area contributed by atoms with Gasteiger partial charge in [-0.15, -0.1) is 0 Å². The van der Waals surface area contributed by atoms with Crippen molar-refractivity contribution in [3.05, 3.63) is 43.5 Å². The number of hydrogen-bond donors (Lipinski definition) is 1. The van der Waals surface area contributed by atoms with Gasteiger partial charge < -0.3 is 14.4 Å². The molecule has 0 spiro atoms. The summed E-state index contributed by atoms with van der Waals surface area (Å²) in [5.74, 6) is -0.376. The highest BCUT2D eigenvalue weighted by molar-refractivity contribution is 9.11. The summed E-state index contributed by atoms with van der Waals surface area (Å²) < 4.78 is 9.04. The molecule has 1 N–H and O–H groups in total. The van der Waals surface area contributed by atoms with E-state index in [1.54, 1.807) is 30.0 Å². The van der Waals surface area contributed by atoms with Gasteiger partial charge in [0.1, 0.15) is 11.4 Å². The number of halogens is 3. The third-order valence-electron chi connectivity index (χ3n) is 2.49. The fourth-order valence-corrected chi connectivity index (χ4v) is 3.42. The minimum atomic E-state index is -1.00. The van der Waals surface area contributed by atoms with Gasteiger partial charge in [-0.3, -0.25) is 0 Å². The lowest BCUT2D eigenvalue weighted by atomic mass is 10.3. The first-order chi connectivity index (χ1) is 8.93. The van der Waals surface area contributed by atoms with Gasteiger partial charge in [0.2, 0.25) is 0 Å². The van der Waals surface area contributed by atoms with E-state index in [1.165, 1.54) is 0 Å². The lowest BCUT2D eigenvalue weighted by Crippen LogP contribution is -2.06. The molecule has 0 aliphatic heterocycles. The molecule has 1 heterocycles. The van der Waals surface area contributed by atoms with Crippen molar-refractivity contribution in [2.75, 3.05) is 7.11 Å². The summed E-state index contributed by atoms with van der Waals surface area (Å²) in [6.07, 6.45) is 1.69. The SMILES string of the molecule is COc1cc(-n2cc(Br)cc2C(=O)O)c(Br)cc1Br. The quantitative estimate of drug-likeness (QED) is 0.746. The summed E-state index contributed by atoms with van der Waals surface area (Å²) in [6, 6.07) is 5.12. The number of aromatic nitrogens is 1. The maximum atomic E-state index is 11.2. The Bertz CT molecular complexity index is 652. The third kappa shape index (κ3) is 2.88. The van der Waals surface area contributed by atoms with Crippen LogP contribution in [0.25, 0.3) is 5.69 Å². The average molecular weight is 454 g/mol. The lowest BCUT2D eigenvalue weighted by molar-refractivity contribution is 0.0688. The number of aromatic carboxylic acids is 1. The van der Waals surface area contributed by atoms with Gasteiger partial charge in [0.15, 0.2) is 0 Å². The van der Waals surface area contributed by atoms with Crippen LogP contribution < -0.4 is 4.74 Å². The van der Waals surface area contributed by atoms with E-state index in [-0.39, 0.29) is 5.69 Å². The molecule has 0 aliphatic rings. The number of ether oxygens (including phenoxy) is 1. The standard InChI is InChI=1S/C12H8Br3NO3/c1-19-11-4-9(7(14)3-8(11)15)16-5-6(13)2-10(16)12(17)18/h2-5H,1H3,(H,17,18). The topological polar surface area (TPSA) is 51.5 Å². The van der Waals surface area contributed by atoms with E-state index in [9.17, 15) is 9.90 Å². The minimum Gasteiger partial charge on any atom is -0.495 e. The number of carbonyl (C=O) groups is 1. The maximum Gasteiger partial charge on any atom is 0.352 e. The van der Waals surface area contributed by atoms with E-state index >= 15 is 0 Å².